The summed E-state index contributed by atoms with van der Waals surface area (Å²) in [6, 6.07) is 11.6. The summed E-state index contributed by atoms with van der Waals surface area (Å²) in [6.45, 7) is 1.72. The molecule has 0 saturated carbocycles. The van der Waals surface area contributed by atoms with Gasteiger partial charge in [0.2, 0.25) is 0 Å². The van der Waals surface area contributed by atoms with Gasteiger partial charge in [-0.25, -0.2) is 4.68 Å². The highest BCUT2D eigenvalue weighted by Crippen LogP contribution is 2.35. The first-order chi connectivity index (χ1) is 14.7. The van der Waals surface area contributed by atoms with Crippen LogP contribution >= 0.6 is 0 Å². The van der Waals surface area contributed by atoms with E-state index < -0.39 is 23.3 Å². The molecule has 0 N–H and O–H groups in total. The summed E-state index contributed by atoms with van der Waals surface area (Å²) < 4.78 is 53.1. The average molecular weight is 433 g/mol. The van der Waals surface area contributed by atoms with Gasteiger partial charge in [0.05, 0.1) is 31.7 Å². The summed E-state index contributed by atoms with van der Waals surface area (Å²) in [7, 11) is 4.40. The minimum absolute atomic E-state index is 0.0405. The molecule has 3 aromatic rings. The van der Waals surface area contributed by atoms with E-state index in [2.05, 4.69) is 5.10 Å². The molecule has 2 aromatic carbocycles. The van der Waals surface area contributed by atoms with Crippen molar-refractivity contribution in [3.63, 3.8) is 0 Å². The molecule has 0 unspecified atom stereocenters. The van der Waals surface area contributed by atoms with Crippen LogP contribution in [0.25, 0.3) is 5.69 Å². The molecule has 3 rings (SSSR count). The molecular formula is C22H22F3N3O3. The molecule has 0 spiro atoms. The van der Waals surface area contributed by atoms with Gasteiger partial charge in [0.15, 0.2) is 5.69 Å². The highest BCUT2D eigenvalue weighted by Gasteiger charge is 2.41. The smallest absolute Gasteiger partial charge is 0.434 e. The third-order valence-corrected chi connectivity index (χ3v) is 4.86. The molecule has 31 heavy (non-hydrogen) atoms. The summed E-state index contributed by atoms with van der Waals surface area (Å²) in [5, 5.41) is 3.89. The Kier molecular flexibility index (Phi) is 6.24. The second-order valence-electron chi connectivity index (χ2n) is 6.94. The fourth-order valence-electron chi connectivity index (χ4n) is 3.28. The largest absolute Gasteiger partial charge is 0.497 e. The monoisotopic (exact) mass is 433 g/mol. The van der Waals surface area contributed by atoms with Crippen LogP contribution in [0.5, 0.6) is 11.5 Å². The summed E-state index contributed by atoms with van der Waals surface area (Å²) in [6.07, 6.45) is -3.82. The van der Waals surface area contributed by atoms with Crippen molar-refractivity contribution in [3.05, 3.63) is 71.0 Å². The van der Waals surface area contributed by atoms with E-state index in [-0.39, 0.29) is 12.2 Å². The number of halogens is 3. The maximum Gasteiger partial charge on any atom is 0.434 e. The number of benzene rings is 2. The molecule has 0 radical (unpaired) electrons. The van der Waals surface area contributed by atoms with Crippen LogP contribution < -0.4 is 9.47 Å². The predicted octanol–water partition coefficient (Wildman–Crippen LogP) is 4.49. The van der Waals surface area contributed by atoms with Crippen LogP contribution in [0.2, 0.25) is 0 Å². The van der Waals surface area contributed by atoms with Crippen molar-refractivity contribution in [2.75, 3.05) is 21.3 Å². The SMILES string of the molecule is COc1ccc(CN(C)C(=O)c2cnn(-c3ccccc3C)c2C(F)(F)F)c(OC)c1. The normalized spacial score (nSPS) is 11.3. The number of carbonyl (C=O) groups excluding carboxylic acids is 1. The fourth-order valence-corrected chi connectivity index (χ4v) is 3.28. The summed E-state index contributed by atoms with van der Waals surface area (Å²) >= 11 is 0. The van der Waals surface area contributed by atoms with Crippen molar-refractivity contribution in [3.8, 4) is 17.2 Å². The fraction of sp³-hybridized carbons (Fsp3) is 0.273. The molecule has 6 nitrogen and oxygen atoms in total. The zero-order valence-electron chi connectivity index (χ0n) is 17.5. The molecule has 1 amide bonds. The number of aryl methyl sites for hydroxylation is 1. The van der Waals surface area contributed by atoms with Gasteiger partial charge in [0.1, 0.15) is 11.5 Å². The number of amides is 1. The molecule has 0 bridgehead atoms. The second kappa shape index (κ2) is 8.71. The summed E-state index contributed by atoms with van der Waals surface area (Å²) in [5.74, 6) is 0.226. The van der Waals surface area contributed by atoms with Crippen molar-refractivity contribution in [2.24, 2.45) is 0 Å². The summed E-state index contributed by atoms with van der Waals surface area (Å²) in [5.41, 5.74) is -0.148. The molecule has 164 valence electrons. The van der Waals surface area contributed by atoms with Crippen molar-refractivity contribution in [2.45, 2.75) is 19.6 Å². The Morgan fingerprint density at radius 3 is 2.45 bits per heavy atom. The molecule has 1 heterocycles. The van der Waals surface area contributed by atoms with Gasteiger partial charge in [-0.05, 0) is 30.7 Å². The topological polar surface area (TPSA) is 56.6 Å². The van der Waals surface area contributed by atoms with Crippen molar-refractivity contribution in [1.82, 2.24) is 14.7 Å². The van der Waals surface area contributed by atoms with Gasteiger partial charge in [-0.2, -0.15) is 18.3 Å². The first-order valence-electron chi connectivity index (χ1n) is 9.35. The lowest BCUT2D eigenvalue weighted by molar-refractivity contribution is -0.143. The number of nitrogens with zero attached hydrogens (tertiary/aromatic N) is 3. The Morgan fingerprint density at radius 1 is 1.13 bits per heavy atom. The van der Waals surface area contributed by atoms with E-state index >= 15 is 0 Å². The van der Waals surface area contributed by atoms with Crippen molar-refractivity contribution < 1.29 is 27.4 Å². The highest BCUT2D eigenvalue weighted by atomic mass is 19.4. The maximum absolute atomic E-state index is 13.9. The average Bonchev–Trinajstić information content (AvgIpc) is 3.19. The number of ether oxygens (including phenoxy) is 2. The van der Waals surface area contributed by atoms with Crippen molar-refractivity contribution >= 4 is 5.91 Å². The highest BCUT2D eigenvalue weighted by molar-refractivity contribution is 5.95. The molecule has 1 aromatic heterocycles. The standard InChI is InChI=1S/C22H22F3N3O3/c1-14-7-5-6-8-18(14)28-20(22(23,24)25)17(12-26-28)21(29)27(2)13-15-9-10-16(30-3)11-19(15)31-4/h5-12H,13H2,1-4H3. The number of methoxy groups -OCH3 is 2. The third kappa shape index (κ3) is 4.50. The van der Waals surface area contributed by atoms with Gasteiger partial charge in [0, 0.05) is 25.2 Å². The van der Waals surface area contributed by atoms with E-state index in [0.29, 0.717) is 22.6 Å². The van der Waals surface area contributed by atoms with E-state index in [4.69, 9.17) is 9.47 Å². The molecule has 0 saturated heterocycles. The van der Waals surface area contributed by atoms with Crippen LogP contribution in [0.15, 0.2) is 48.7 Å². The Morgan fingerprint density at radius 2 is 1.84 bits per heavy atom. The van der Waals surface area contributed by atoms with E-state index in [1.807, 2.05) is 0 Å². The van der Waals surface area contributed by atoms with E-state index in [0.717, 1.165) is 10.9 Å². The second-order valence-corrected chi connectivity index (χ2v) is 6.94. The van der Waals surface area contributed by atoms with Gasteiger partial charge < -0.3 is 14.4 Å². The number of carbonyl (C=O) groups is 1. The Bertz CT molecular complexity index is 1090. The van der Waals surface area contributed by atoms with Gasteiger partial charge in [0.25, 0.3) is 5.91 Å². The lowest BCUT2D eigenvalue weighted by Gasteiger charge is -2.20. The zero-order chi connectivity index (χ0) is 22.8. The van der Waals surface area contributed by atoms with Crippen LogP contribution in [0.1, 0.15) is 27.2 Å². The van der Waals surface area contributed by atoms with Gasteiger partial charge in [-0.15, -0.1) is 0 Å². The van der Waals surface area contributed by atoms with Gasteiger partial charge in [-0.1, -0.05) is 18.2 Å². The van der Waals surface area contributed by atoms with Gasteiger partial charge in [-0.3, -0.25) is 4.79 Å². The van der Waals surface area contributed by atoms with E-state index in [1.54, 1.807) is 43.3 Å². The van der Waals surface area contributed by atoms with Crippen LogP contribution in [0, 0.1) is 6.92 Å². The Labute approximate surface area is 177 Å². The molecule has 0 fully saturated rings. The Hall–Kier alpha value is -3.49. The predicted molar refractivity (Wildman–Crippen MR) is 109 cm³/mol. The molecule has 0 aliphatic rings. The third-order valence-electron chi connectivity index (χ3n) is 4.86. The number of hydrogen-bond acceptors (Lipinski definition) is 4. The van der Waals surface area contributed by atoms with Crippen LogP contribution in [0.3, 0.4) is 0 Å². The minimum Gasteiger partial charge on any atom is -0.497 e. The van der Waals surface area contributed by atoms with Crippen LogP contribution in [0.4, 0.5) is 13.2 Å². The number of alkyl halides is 3. The number of para-hydroxylation sites is 1. The molecular weight excluding hydrogens is 411 g/mol. The molecule has 0 aliphatic carbocycles. The van der Waals surface area contributed by atoms with Crippen LogP contribution in [-0.2, 0) is 12.7 Å². The number of rotatable bonds is 6. The molecule has 9 heteroatoms. The summed E-state index contributed by atoms with van der Waals surface area (Å²) in [4.78, 5) is 14.2. The quantitative estimate of drug-likeness (QED) is 0.575. The Balaban J connectivity index is 1.98. The first-order valence-corrected chi connectivity index (χ1v) is 9.35. The zero-order valence-corrected chi connectivity index (χ0v) is 17.5. The van der Waals surface area contributed by atoms with Crippen LogP contribution in [-0.4, -0.2) is 41.9 Å². The molecule has 0 aliphatic heterocycles. The van der Waals surface area contributed by atoms with Crippen molar-refractivity contribution in [1.29, 1.82) is 0 Å². The van der Waals surface area contributed by atoms with E-state index in [1.165, 1.54) is 32.2 Å². The minimum atomic E-state index is -4.78. The maximum atomic E-state index is 13.9. The van der Waals surface area contributed by atoms with Gasteiger partial charge >= 0.3 is 6.18 Å². The first kappa shape index (κ1) is 22.2. The van der Waals surface area contributed by atoms with E-state index in [9.17, 15) is 18.0 Å². The lowest BCUT2D eigenvalue weighted by atomic mass is 10.1. The lowest BCUT2D eigenvalue weighted by Crippen LogP contribution is -2.29. The number of hydrogen-bond donors (Lipinski definition) is 0. The number of aromatic nitrogens is 2. The molecule has 0 atom stereocenters.